The standard InChI is InChI=1S/C17H33NO.C3H4O/c1-3-4-5-6-14-7-12-17(19-13-14)15-8-10-16(18-2)11-9-15;1-2-3-4/h14-18H,3-13H2,1-2H3;2-3H,1H2. The molecule has 0 spiro atoms. The van der Waals surface area contributed by atoms with E-state index in [0.29, 0.717) is 12.4 Å². The van der Waals surface area contributed by atoms with Crippen LogP contribution in [0.3, 0.4) is 0 Å². The molecular weight excluding hydrogens is 286 g/mol. The Labute approximate surface area is 143 Å². The van der Waals surface area contributed by atoms with Gasteiger partial charge in [0.25, 0.3) is 0 Å². The summed E-state index contributed by atoms with van der Waals surface area (Å²) < 4.78 is 6.21. The fourth-order valence-electron chi connectivity index (χ4n) is 3.89. The van der Waals surface area contributed by atoms with E-state index in [2.05, 4.69) is 25.9 Å². The van der Waals surface area contributed by atoms with Crippen molar-refractivity contribution < 1.29 is 9.53 Å². The van der Waals surface area contributed by atoms with E-state index in [-0.39, 0.29) is 0 Å². The van der Waals surface area contributed by atoms with Crippen molar-refractivity contribution in [1.82, 2.24) is 5.32 Å². The van der Waals surface area contributed by atoms with Crippen LogP contribution in [-0.4, -0.2) is 32.1 Å². The second-order valence-corrected chi connectivity index (χ2v) is 7.08. The number of rotatable bonds is 7. The van der Waals surface area contributed by atoms with Gasteiger partial charge in [-0.15, -0.1) is 0 Å². The van der Waals surface area contributed by atoms with Gasteiger partial charge in [-0.05, 0) is 69.9 Å². The monoisotopic (exact) mass is 323 g/mol. The first kappa shape index (κ1) is 20.4. The molecule has 3 nitrogen and oxygen atoms in total. The third-order valence-electron chi connectivity index (χ3n) is 5.42. The molecule has 0 bridgehead atoms. The van der Waals surface area contributed by atoms with Crippen molar-refractivity contribution in [3.8, 4) is 0 Å². The highest BCUT2D eigenvalue weighted by atomic mass is 16.5. The molecule has 3 heteroatoms. The van der Waals surface area contributed by atoms with Crippen LogP contribution in [0, 0.1) is 11.8 Å². The van der Waals surface area contributed by atoms with Crippen LogP contribution in [0.25, 0.3) is 0 Å². The van der Waals surface area contributed by atoms with Gasteiger partial charge in [-0.25, -0.2) is 0 Å². The summed E-state index contributed by atoms with van der Waals surface area (Å²) in [6.45, 7) is 6.44. The fourth-order valence-corrected chi connectivity index (χ4v) is 3.89. The zero-order chi connectivity index (χ0) is 16.9. The van der Waals surface area contributed by atoms with E-state index in [1.165, 1.54) is 70.3 Å². The van der Waals surface area contributed by atoms with Crippen LogP contribution < -0.4 is 5.32 Å². The third kappa shape index (κ3) is 8.12. The minimum atomic E-state index is 0.584. The lowest BCUT2D eigenvalue weighted by Gasteiger charge is -2.37. The molecule has 0 amide bonds. The number of nitrogens with one attached hydrogen (secondary N) is 1. The van der Waals surface area contributed by atoms with Gasteiger partial charge in [0.15, 0.2) is 0 Å². The van der Waals surface area contributed by atoms with E-state index in [4.69, 9.17) is 9.53 Å². The van der Waals surface area contributed by atoms with Gasteiger partial charge in [-0.3, -0.25) is 4.79 Å². The molecular formula is C20H37NO2. The van der Waals surface area contributed by atoms with E-state index in [1.807, 2.05) is 0 Å². The average Bonchev–Trinajstić information content (AvgIpc) is 2.63. The smallest absolute Gasteiger partial charge is 0.142 e. The molecule has 0 aromatic rings. The molecule has 2 aliphatic rings. The summed E-state index contributed by atoms with van der Waals surface area (Å²) in [5.41, 5.74) is 0. The number of hydrogen-bond acceptors (Lipinski definition) is 3. The minimum absolute atomic E-state index is 0.584. The van der Waals surface area contributed by atoms with Crippen LogP contribution in [0.15, 0.2) is 12.7 Å². The zero-order valence-electron chi connectivity index (χ0n) is 15.3. The summed E-state index contributed by atoms with van der Waals surface area (Å²) >= 11 is 0. The maximum Gasteiger partial charge on any atom is 0.142 e. The number of aldehydes is 1. The molecule has 0 radical (unpaired) electrons. The number of carbonyl (C=O) groups is 1. The van der Waals surface area contributed by atoms with Crippen LogP contribution in [-0.2, 0) is 9.53 Å². The van der Waals surface area contributed by atoms with E-state index < -0.39 is 0 Å². The summed E-state index contributed by atoms with van der Waals surface area (Å²) in [4.78, 5) is 9.06. The molecule has 1 aliphatic carbocycles. The first-order chi connectivity index (χ1) is 11.2. The highest BCUT2D eigenvalue weighted by Gasteiger charge is 2.31. The molecule has 1 saturated carbocycles. The lowest BCUT2D eigenvalue weighted by molar-refractivity contribution is -0.104. The maximum atomic E-state index is 9.06. The molecule has 134 valence electrons. The molecule has 1 heterocycles. The summed E-state index contributed by atoms with van der Waals surface area (Å²) in [5, 5.41) is 3.42. The van der Waals surface area contributed by atoms with E-state index >= 15 is 0 Å². The quantitative estimate of drug-likeness (QED) is 0.425. The molecule has 2 rings (SSSR count). The Kier molecular flexibility index (Phi) is 11.3. The topological polar surface area (TPSA) is 38.3 Å². The van der Waals surface area contributed by atoms with Gasteiger partial charge in [-0.1, -0.05) is 32.8 Å². The molecule has 2 unspecified atom stereocenters. The molecule has 1 N–H and O–H groups in total. The maximum absolute atomic E-state index is 9.06. The molecule has 1 saturated heterocycles. The normalized spacial score (nSPS) is 30.9. The fraction of sp³-hybridized carbons (Fsp3) is 0.850. The summed E-state index contributed by atoms with van der Waals surface area (Å²) in [5.74, 6) is 1.71. The molecule has 0 aromatic heterocycles. The van der Waals surface area contributed by atoms with Crippen molar-refractivity contribution in [1.29, 1.82) is 0 Å². The largest absolute Gasteiger partial charge is 0.378 e. The SMILES string of the molecule is C=CC=O.CCCCCC1CCC(C2CCC(NC)CC2)OC1. The lowest BCUT2D eigenvalue weighted by Crippen LogP contribution is -2.37. The number of allylic oxidation sites excluding steroid dienone is 1. The Bertz CT molecular complexity index is 297. The van der Waals surface area contributed by atoms with Crippen molar-refractivity contribution in [3.05, 3.63) is 12.7 Å². The Morgan fingerprint density at radius 3 is 2.30 bits per heavy atom. The number of unbranched alkanes of at least 4 members (excludes halogenated alkanes) is 2. The molecule has 1 aliphatic heterocycles. The predicted molar refractivity (Wildman–Crippen MR) is 97.7 cm³/mol. The van der Waals surface area contributed by atoms with Crippen molar-refractivity contribution in [2.45, 2.75) is 83.3 Å². The van der Waals surface area contributed by atoms with Gasteiger partial charge in [-0.2, -0.15) is 0 Å². The van der Waals surface area contributed by atoms with Crippen LogP contribution in [0.5, 0.6) is 0 Å². The zero-order valence-corrected chi connectivity index (χ0v) is 15.3. The van der Waals surface area contributed by atoms with Gasteiger partial charge in [0, 0.05) is 12.6 Å². The van der Waals surface area contributed by atoms with Crippen LogP contribution in [0.1, 0.15) is 71.1 Å². The number of carbonyl (C=O) groups excluding carboxylic acids is 1. The van der Waals surface area contributed by atoms with Crippen LogP contribution in [0.4, 0.5) is 0 Å². The van der Waals surface area contributed by atoms with Gasteiger partial charge < -0.3 is 10.1 Å². The first-order valence-electron chi connectivity index (χ1n) is 9.60. The molecule has 2 fully saturated rings. The minimum Gasteiger partial charge on any atom is -0.378 e. The lowest BCUT2D eigenvalue weighted by atomic mass is 9.79. The van der Waals surface area contributed by atoms with E-state index in [9.17, 15) is 0 Å². The average molecular weight is 324 g/mol. The number of hydrogen-bond donors (Lipinski definition) is 1. The van der Waals surface area contributed by atoms with Crippen molar-refractivity contribution >= 4 is 6.29 Å². The van der Waals surface area contributed by atoms with Crippen molar-refractivity contribution in [2.75, 3.05) is 13.7 Å². The Morgan fingerprint density at radius 1 is 1.13 bits per heavy atom. The highest BCUT2D eigenvalue weighted by molar-refractivity contribution is 5.63. The summed E-state index contributed by atoms with van der Waals surface area (Å²) in [6.07, 6.45) is 16.1. The van der Waals surface area contributed by atoms with Crippen LogP contribution >= 0.6 is 0 Å². The highest BCUT2D eigenvalue weighted by Crippen LogP contribution is 2.34. The van der Waals surface area contributed by atoms with Crippen LogP contribution in [0.2, 0.25) is 0 Å². The van der Waals surface area contributed by atoms with Crippen molar-refractivity contribution in [2.24, 2.45) is 11.8 Å². The molecule has 23 heavy (non-hydrogen) atoms. The Hall–Kier alpha value is -0.670. The second-order valence-electron chi connectivity index (χ2n) is 7.08. The first-order valence-corrected chi connectivity index (χ1v) is 9.60. The van der Waals surface area contributed by atoms with Gasteiger partial charge in [0.05, 0.1) is 6.10 Å². The molecule has 0 aromatic carbocycles. The van der Waals surface area contributed by atoms with E-state index in [1.54, 1.807) is 0 Å². The van der Waals surface area contributed by atoms with E-state index in [0.717, 1.165) is 24.5 Å². The summed E-state index contributed by atoms with van der Waals surface area (Å²) in [7, 11) is 2.10. The predicted octanol–water partition coefficient (Wildman–Crippen LogP) is 4.51. The Morgan fingerprint density at radius 2 is 1.83 bits per heavy atom. The van der Waals surface area contributed by atoms with Gasteiger partial charge >= 0.3 is 0 Å². The third-order valence-corrected chi connectivity index (χ3v) is 5.42. The Balaban J connectivity index is 0.000000593. The van der Waals surface area contributed by atoms with Gasteiger partial charge in [0.1, 0.15) is 6.29 Å². The second kappa shape index (κ2) is 12.7. The number of ether oxygens (including phenoxy) is 1. The molecule has 2 atom stereocenters. The van der Waals surface area contributed by atoms with Crippen molar-refractivity contribution in [3.63, 3.8) is 0 Å². The summed E-state index contributed by atoms with van der Waals surface area (Å²) in [6, 6.07) is 0.765. The van der Waals surface area contributed by atoms with Gasteiger partial charge in [0.2, 0.25) is 0 Å².